The van der Waals surface area contributed by atoms with Crippen LogP contribution in [0.5, 0.6) is 0 Å². The van der Waals surface area contributed by atoms with E-state index in [1.807, 2.05) is 4.90 Å². The van der Waals surface area contributed by atoms with E-state index in [0.29, 0.717) is 31.2 Å². The molecule has 2 aliphatic heterocycles. The van der Waals surface area contributed by atoms with Gasteiger partial charge in [0.05, 0.1) is 24.3 Å². The Balaban J connectivity index is 1.36. The van der Waals surface area contributed by atoms with Gasteiger partial charge in [-0.1, -0.05) is 0 Å². The smallest absolute Gasteiger partial charge is 0.410 e. The minimum absolute atomic E-state index is 0.0940. The third-order valence-corrected chi connectivity index (χ3v) is 5.45. The lowest BCUT2D eigenvalue weighted by atomic mass is 10.2. The van der Waals surface area contributed by atoms with Crippen LogP contribution in [-0.4, -0.2) is 64.8 Å². The Morgan fingerprint density at radius 3 is 2.50 bits per heavy atom. The van der Waals surface area contributed by atoms with Gasteiger partial charge in [-0.25, -0.2) is 19.6 Å². The van der Waals surface area contributed by atoms with Crippen molar-refractivity contribution < 1.29 is 19.1 Å². The van der Waals surface area contributed by atoms with Crippen LogP contribution in [0, 0.1) is 0 Å². The first-order valence-corrected chi connectivity index (χ1v) is 9.38. The van der Waals surface area contributed by atoms with Crippen LogP contribution >= 0.6 is 0 Å². The number of hydrogen-bond donors (Lipinski definition) is 0. The number of rotatable bonds is 4. The summed E-state index contributed by atoms with van der Waals surface area (Å²) in [4.78, 5) is 36.7. The number of fused-ring (bicyclic) bond motifs is 2. The number of piperazine rings is 1. The van der Waals surface area contributed by atoms with Crippen molar-refractivity contribution in [2.45, 2.75) is 57.2 Å². The van der Waals surface area contributed by atoms with Crippen LogP contribution < -0.4 is 4.90 Å². The van der Waals surface area contributed by atoms with Gasteiger partial charge in [-0.05, 0) is 39.0 Å². The van der Waals surface area contributed by atoms with E-state index in [4.69, 9.17) is 9.47 Å². The maximum Gasteiger partial charge on any atom is 0.410 e. The van der Waals surface area contributed by atoms with Gasteiger partial charge in [0.1, 0.15) is 6.10 Å². The van der Waals surface area contributed by atoms with Crippen LogP contribution in [0.25, 0.3) is 0 Å². The van der Waals surface area contributed by atoms with Crippen molar-refractivity contribution in [1.29, 1.82) is 0 Å². The molecule has 1 saturated carbocycles. The molecule has 0 radical (unpaired) electrons. The maximum atomic E-state index is 12.4. The highest BCUT2D eigenvalue weighted by molar-refractivity contribution is 5.88. The molecule has 1 aromatic heterocycles. The molecular weight excluding hydrogens is 336 g/mol. The SMILES string of the molecule is CCOC(=O)c1cnc(N2C[C@H]3C[C@@H]2CN3C(=O)OC2CCCC2)nc1. The van der Waals surface area contributed by atoms with Crippen LogP contribution in [-0.2, 0) is 9.47 Å². The standard InChI is InChI=1S/C18H24N4O4/c1-2-25-16(23)12-8-19-17(20-9-12)21-10-14-7-13(21)11-22(14)18(24)26-15-5-3-4-6-15/h8-9,13-15H,2-7,10-11H2,1H3/t13-,14-/m1/s1. The van der Waals surface area contributed by atoms with Crippen molar-refractivity contribution in [2.75, 3.05) is 24.6 Å². The molecule has 3 heterocycles. The summed E-state index contributed by atoms with van der Waals surface area (Å²) in [6, 6.07) is 0.340. The van der Waals surface area contributed by atoms with Crippen LogP contribution in [0.2, 0.25) is 0 Å². The predicted octanol–water partition coefficient (Wildman–Crippen LogP) is 2.00. The number of anilines is 1. The number of esters is 1. The highest BCUT2D eigenvalue weighted by atomic mass is 16.6. The average Bonchev–Trinajstić information content (AvgIpc) is 3.39. The van der Waals surface area contributed by atoms with Gasteiger partial charge in [0.25, 0.3) is 0 Å². The summed E-state index contributed by atoms with van der Waals surface area (Å²) >= 11 is 0. The zero-order valence-corrected chi connectivity index (χ0v) is 15.0. The van der Waals surface area contributed by atoms with Gasteiger partial charge in [-0.2, -0.15) is 0 Å². The number of likely N-dealkylation sites (tertiary alicyclic amines) is 1. The molecule has 8 nitrogen and oxygen atoms in total. The molecule has 0 spiro atoms. The Kier molecular flexibility index (Phi) is 4.65. The summed E-state index contributed by atoms with van der Waals surface area (Å²) in [5.41, 5.74) is 0.349. The van der Waals surface area contributed by atoms with Gasteiger partial charge in [0.15, 0.2) is 0 Å². The molecule has 1 amide bonds. The zero-order valence-electron chi connectivity index (χ0n) is 15.0. The number of amides is 1. The molecule has 0 unspecified atom stereocenters. The fourth-order valence-electron chi connectivity index (χ4n) is 4.14. The Hall–Kier alpha value is -2.38. The number of carbonyl (C=O) groups excluding carboxylic acids is 2. The van der Waals surface area contributed by atoms with Crippen molar-refractivity contribution in [3.05, 3.63) is 18.0 Å². The van der Waals surface area contributed by atoms with Crippen molar-refractivity contribution in [2.24, 2.45) is 0 Å². The zero-order chi connectivity index (χ0) is 18.1. The van der Waals surface area contributed by atoms with E-state index in [9.17, 15) is 9.59 Å². The fourth-order valence-corrected chi connectivity index (χ4v) is 4.14. The van der Waals surface area contributed by atoms with Gasteiger partial charge in [0.2, 0.25) is 5.95 Å². The van der Waals surface area contributed by atoms with Crippen molar-refractivity contribution >= 4 is 18.0 Å². The highest BCUT2D eigenvalue weighted by Gasteiger charge is 2.47. The number of nitrogens with zero attached hydrogens (tertiary/aromatic N) is 4. The molecule has 0 aromatic carbocycles. The summed E-state index contributed by atoms with van der Waals surface area (Å²) < 4.78 is 10.6. The van der Waals surface area contributed by atoms with E-state index in [1.165, 1.54) is 12.4 Å². The summed E-state index contributed by atoms with van der Waals surface area (Å²) in [5, 5.41) is 0. The lowest BCUT2D eigenvalue weighted by Gasteiger charge is -2.34. The van der Waals surface area contributed by atoms with E-state index in [2.05, 4.69) is 14.9 Å². The second-order valence-electron chi connectivity index (χ2n) is 7.13. The van der Waals surface area contributed by atoms with Crippen LogP contribution in [0.15, 0.2) is 12.4 Å². The third-order valence-electron chi connectivity index (χ3n) is 5.45. The number of hydrogen-bond acceptors (Lipinski definition) is 7. The molecule has 1 aliphatic carbocycles. The molecule has 2 atom stereocenters. The maximum absolute atomic E-state index is 12.4. The van der Waals surface area contributed by atoms with E-state index in [1.54, 1.807) is 6.92 Å². The molecule has 0 N–H and O–H groups in total. The Morgan fingerprint density at radius 1 is 1.15 bits per heavy atom. The monoisotopic (exact) mass is 360 g/mol. The Morgan fingerprint density at radius 2 is 1.88 bits per heavy atom. The molecule has 4 rings (SSSR count). The molecule has 140 valence electrons. The molecule has 2 bridgehead atoms. The topological polar surface area (TPSA) is 84.9 Å². The van der Waals surface area contributed by atoms with E-state index in [0.717, 1.165) is 32.1 Å². The molecule has 3 aliphatic rings. The van der Waals surface area contributed by atoms with Crippen LogP contribution in [0.1, 0.15) is 49.4 Å². The molecule has 8 heteroatoms. The van der Waals surface area contributed by atoms with Crippen molar-refractivity contribution in [3.63, 3.8) is 0 Å². The number of aromatic nitrogens is 2. The van der Waals surface area contributed by atoms with E-state index in [-0.39, 0.29) is 24.3 Å². The van der Waals surface area contributed by atoms with Gasteiger partial charge >= 0.3 is 12.1 Å². The van der Waals surface area contributed by atoms with Crippen molar-refractivity contribution in [1.82, 2.24) is 14.9 Å². The van der Waals surface area contributed by atoms with Gasteiger partial charge in [-0.15, -0.1) is 0 Å². The average molecular weight is 360 g/mol. The largest absolute Gasteiger partial charge is 0.462 e. The van der Waals surface area contributed by atoms with Gasteiger partial charge in [-0.3, -0.25) is 0 Å². The van der Waals surface area contributed by atoms with E-state index < -0.39 is 5.97 Å². The lowest BCUT2D eigenvalue weighted by molar-refractivity contribution is 0.0524. The summed E-state index contributed by atoms with van der Waals surface area (Å²) in [6.45, 7) is 3.42. The first kappa shape index (κ1) is 17.1. The summed E-state index contributed by atoms with van der Waals surface area (Å²) in [6.07, 6.45) is 8.09. The second kappa shape index (κ2) is 7.09. The van der Waals surface area contributed by atoms with Crippen LogP contribution in [0.4, 0.5) is 10.7 Å². The third kappa shape index (κ3) is 3.20. The molecule has 1 aromatic rings. The fraction of sp³-hybridized carbons (Fsp3) is 0.667. The number of ether oxygens (including phenoxy) is 2. The Labute approximate surface area is 152 Å². The minimum atomic E-state index is -0.414. The van der Waals surface area contributed by atoms with E-state index >= 15 is 0 Å². The first-order valence-electron chi connectivity index (χ1n) is 9.38. The molecule has 26 heavy (non-hydrogen) atoms. The van der Waals surface area contributed by atoms with Crippen LogP contribution in [0.3, 0.4) is 0 Å². The second-order valence-corrected chi connectivity index (χ2v) is 7.13. The lowest BCUT2D eigenvalue weighted by Crippen LogP contribution is -2.50. The normalized spacial score (nSPS) is 25.0. The highest BCUT2D eigenvalue weighted by Crippen LogP contribution is 2.34. The molecule has 2 saturated heterocycles. The first-order chi connectivity index (χ1) is 12.7. The van der Waals surface area contributed by atoms with Gasteiger partial charge < -0.3 is 19.3 Å². The molecular formula is C18H24N4O4. The predicted molar refractivity (Wildman–Crippen MR) is 93.0 cm³/mol. The quantitative estimate of drug-likeness (QED) is 0.759. The van der Waals surface area contributed by atoms with Gasteiger partial charge in [0, 0.05) is 25.5 Å². The van der Waals surface area contributed by atoms with Crippen molar-refractivity contribution in [3.8, 4) is 0 Å². The minimum Gasteiger partial charge on any atom is -0.462 e. The molecule has 3 fully saturated rings. The number of carbonyl (C=O) groups is 2. The Bertz CT molecular complexity index is 674. The summed E-state index contributed by atoms with van der Waals surface area (Å²) in [5.74, 6) is 0.178. The summed E-state index contributed by atoms with van der Waals surface area (Å²) in [7, 11) is 0.